The Kier molecular flexibility index (Phi) is 9.25. The molecular formula is C12H22O. The predicted octanol–water partition coefficient (Wildman–Crippen LogP) is 3.12. The molecule has 0 heterocycles. The van der Waals surface area contributed by atoms with Gasteiger partial charge in [-0.3, -0.25) is 0 Å². The topological polar surface area (TPSA) is 20.2 Å². The summed E-state index contributed by atoms with van der Waals surface area (Å²) in [6.45, 7) is 4.27. The quantitative estimate of drug-likeness (QED) is 0.494. The zero-order valence-electron chi connectivity index (χ0n) is 8.97. The summed E-state index contributed by atoms with van der Waals surface area (Å²) in [5.41, 5.74) is 0. The van der Waals surface area contributed by atoms with E-state index in [1.165, 1.54) is 19.3 Å². The maximum absolute atomic E-state index is 9.35. The summed E-state index contributed by atoms with van der Waals surface area (Å²) < 4.78 is 0. The van der Waals surface area contributed by atoms with Crippen LogP contribution in [-0.4, -0.2) is 11.2 Å². The van der Waals surface area contributed by atoms with E-state index in [0.717, 1.165) is 19.3 Å². The van der Waals surface area contributed by atoms with Crippen LogP contribution in [0.3, 0.4) is 0 Å². The summed E-state index contributed by atoms with van der Waals surface area (Å²) in [5.74, 6) is 6.13. The summed E-state index contributed by atoms with van der Waals surface area (Å²) in [5, 5.41) is 9.35. The highest BCUT2D eigenvalue weighted by atomic mass is 16.3. The Hall–Kier alpha value is -0.480. The fourth-order valence-corrected chi connectivity index (χ4v) is 1.18. The van der Waals surface area contributed by atoms with E-state index in [9.17, 15) is 5.11 Å². The molecule has 0 fully saturated rings. The summed E-state index contributed by atoms with van der Waals surface area (Å²) in [4.78, 5) is 0. The van der Waals surface area contributed by atoms with E-state index in [0.29, 0.717) is 6.42 Å². The molecule has 0 aromatic carbocycles. The molecule has 0 radical (unpaired) electrons. The van der Waals surface area contributed by atoms with Crippen molar-refractivity contribution in [1.29, 1.82) is 0 Å². The van der Waals surface area contributed by atoms with Gasteiger partial charge in [-0.1, -0.05) is 33.1 Å². The van der Waals surface area contributed by atoms with Crippen molar-refractivity contribution in [3.05, 3.63) is 0 Å². The van der Waals surface area contributed by atoms with Crippen molar-refractivity contribution in [2.45, 2.75) is 64.9 Å². The highest BCUT2D eigenvalue weighted by Gasteiger charge is 1.97. The van der Waals surface area contributed by atoms with Crippen LogP contribution in [0.15, 0.2) is 0 Å². The minimum atomic E-state index is -0.205. The second-order valence-corrected chi connectivity index (χ2v) is 3.46. The second kappa shape index (κ2) is 9.61. The molecule has 0 aliphatic carbocycles. The SMILES string of the molecule is CCCCCC#CCC(O)CCC. The number of rotatable bonds is 6. The second-order valence-electron chi connectivity index (χ2n) is 3.46. The Morgan fingerprint density at radius 3 is 2.46 bits per heavy atom. The molecule has 1 N–H and O–H groups in total. The summed E-state index contributed by atoms with van der Waals surface area (Å²) >= 11 is 0. The van der Waals surface area contributed by atoms with Crippen LogP contribution in [0.5, 0.6) is 0 Å². The third kappa shape index (κ3) is 9.43. The highest BCUT2D eigenvalue weighted by Crippen LogP contribution is 2.00. The zero-order valence-corrected chi connectivity index (χ0v) is 8.97. The van der Waals surface area contributed by atoms with Gasteiger partial charge in [-0.05, 0) is 12.8 Å². The third-order valence-electron chi connectivity index (χ3n) is 1.99. The van der Waals surface area contributed by atoms with Gasteiger partial charge in [0, 0.05) is 12.8 Å². The van der Waals surface area contributed by atoms with Gasteiger partial charge in [0.15, 0.2) is 0 Å². The van der Waals surface area contributed by atoms with Crippen molar-refractivity contribution in [1.82, 2.24) is 0 Å². The summed E-state index contributed by atoms with van der Waals surface area (Å²) in [7, 11) is 0. The average molecular weight is 182 g/mol. The molecule has 0 saturated heterocycles. The number of unbranched alkanes of at least 4 members (excludes halogenated alkanes) is 3. The Morgan fingerprint density at radius 1 is 1.08 bits per heavy atom. The largest absolute Gasteiger partial charge is 0.392 e. The molecule has 1 atom stereocenters. The maximum Gasteiger partial charge on any atom is 0.0649 e. The van der Waals surface area contributed by atoms with Crippen LogP contribution in [0.1, 0.15) is 58.8 Å². The minimum Gasteiger partial charge on any atom is -0.392 e. The molecule has 1 heteroatoms. The van der Waals surface area contributed by atoms with Crippen molar-refractivity contribution in [2.24, 2.45) is 0 Å². The molecule has 76 valence electrons. The molecule has 0 aromatic heterocycles. The molecular weight excluding hydrogens is 160 g/mol. The van der Waals surface area contributed by atoms with Gasteiger partial charge >= 0.3 is 0 Å². The molecule has 1 nitrogen and oxygen atoms in total. The fourth-order valence-electron chi connectivity index (χ4n) is 1.18. The van der Waals surface area contributed by atoms with Crippen molar-refractivity contribution >= 4 is 0 Å². The van der Waals surface area contributed by atoms with E-state index in [-0.39, 0.29) is 6.10 Å². The highest BCUT2D eigenvalue weighted by molar-refractivity contribution is 4.99. The first-order chi connectivity index (χ1) is 6.31. The lowest BCUT2D eigenvalue weighted by molar-refractivity contribution is 0.169. The van der Waals surface area contributed by atoms with Gasteiger partial charge in [0.25, 0.3) is 0 Å². The normalized spacial score (nSPS) is 11.9. The van der Waals surface area contributed by atoms with E-state index in [1.807, 2.05) is 0 Å². The van der Waals surface area contributed by atoms with Crippen LogP contribution in [-0.2, 0) is 0 Å². The predicted molar refractivity (Wildman–Crippen MR) is 57.4 cm³/mol. The van der Waals surface area contributed by atoms with Crippen LogP contribution >= 0.6 is 0 Å². The molecule has 0 amide bonds. The van der Waals surface area contributed by atoms with Crippen molar-refractivity contribution in [3.8, 4) is 11.8 Å². The molecule has 0 aromatic rings. The number of aliphatic hydroxyl groups excluding tert-OH is 1. The molecule has 0 aliphatic rings. The third-order valence-corrected chi connectivity index (χ3v) is 1.99. The molecule has 0 rings (SSSR count). The Bertz CT molecular complexity index is 152. The van der Waals surface area contributed by atoms with E-state index in [2.05, 4.69) is 25.7 Å². The Balaban J connectivity index is 3.28. The average Bonchev–Trinajstić information content (AvgIpc) is 2.11. The van der Waals surface area contributed by atoms with Gasteiger partial charge in [-0.25, -0.2) is 0 Å². The molecule has 1 unspecified atom stereocenters. The maximum atomic E-state index is 9.35. The molecule has 13 heavy (non-hydrogen) atoms. The van der Waals surface area contributed by atoms with Crippen LogP contribution in [0.4, 0.5) is 0 Å². The molecule has 0 bridgehead atoms. The molecule has 0 saturated carbocycles. The van der Waals surface area contributed by atoms with E-state index in [1.54, 1.807) is 0 Å². The number of hydrogen-bond donors (Lipinski definition) is 1. The van der Waals surface area contributed by atoms with Crippen LogP contribution in [0, 0.1) is 11.8 Å². The van der Waals surface area contributed by atoms with Gasteiger partial charge in [0.1, 0.15) is 0 Å². The van der Waals surface area contributed by atoms with Crippen LogP contribution in [0.25, 0.3) is 0 Å². The zero-order chi connectivity index (χ0) is 9.94. The van der Waals surface area contributed by atoms with E-state index in [4.69, 9.17) is 0 Å². The van der Waals surface area contributed by atoms with Gasteiger partial charge in [0.05, 0.1) is 6.10 Å². The minimum absolute atomic E-state index is 0.205. The lowest BCUT2D eigenvalue weighted by Gasteiger charge is -2.02. The van der Waals surface area contributed by atoms with Gasteiger partial charge in [0.2, 0.25) is 0 Å². The van der Waals surface area contributed by atoms with E-state index < -0.39 is 0 Å². The first-order valence-corrected chi connectivity index (χ1v) is 5.45. The van der Waals surface area contributed by atoms with Crippen LogP contribution in [0.2, 0.25) is 0 Å². The van der Waals surface area contributed by atoms with Crippen LogP contribution < -0.4 is 0 Å². The monoisotopic (exact) mass is 182 g/mol. The summed E-state index contributed by atoms with van der Waals surface area (Å²) in [6, 6.07) is 0. The number of hydrogen-bond acceptors (Lipinski definition) is 1. The Morgan fingerprint density at radius 2 is 1.85 bits per heavy atom. The number of aliphatic hydroxyl groups is 1. The van der Waals surface area contributed by atoms with Crippen molar-refractivity contribution < 1.29 is 5.11 Å². The molecule has 0 spiro atoms. The van der Waals surface area contributed by atoms with Crippen molar-refractivity contribution in [2.75, 3.05) is 0 Å². The summed E-state index contributed by atoms with van der Waals surface area (Å²) in [6.07, 6.45) is 7.08. The standard InChI is InChI=1S/C12H22O/c1-3-5-6-7-8-9-11-12(13)10-4-2/h12-13H,3-7,10-11H2,1-2H3. The van der Waals surface area contributed by atoms with E-state index >= 15 is 0 Å². The van der Waals surface area contributed by atoms with Gasteiger partial charge in [-0.15, -0.1) is 11.8 Å². The first kappa shape index (κ1) is 12.5. The lowest BCUT2D eigenvalue weighted by Crippen LogP contribution is -2.03. The first-order valence-electron chi connectivity index (χ1n) is 5.45. The fraction of sp³-hybridized carbons (Fsp3) is 0.833. The van der Waals surface area contributed by atoms with Crippen molar-refractivity contribution in [3.63, 3.8) is 0 Å². The lowest BCUT2D eigenvalue weighted by atomic mass is 10.1. The smallest absolute Gasteiger partial charge is 0.0649 e. The van der Waals surface area contributed by atoms with Gasteiger partial charge < -0.3 is 5.11 Å². The van der Waals surface area contributed by atoms with Gasteiger partial charge in [-0.2, -0.15) is 0 Å². The Labute approximate surface area is 82.5 Å². The molecule has 0 aliphatic heterocycles.